The molecule has 0 unspecified atom stereocenters. The molecule has 112 valence electrons. The van der Waals surface area contributed by atoms with Gasteiger partial charge in [-0.15, -0.1) is 0 Å². The van der Waals surface area contributed by atoms with E-state index in [1.807, 2.05) is 6.92 Å². The molecule has 0 aliphatic rings. The largest absolute Gasteiger partial charge is 0.372 e. The summed E-state index contributed by atoms with van der Waals surface area (Å²) < 4.78 is 27.8. The van der Waals surface area contributed by atoms with Crippen molar-refractivity contribution in [2.24, 2.45) is 0 Å². The van der Waals surface area contributed by atoms with Crippen molar-refractivity contribution in [3.63, 3.8) is 0 Å². The van der Waals surface area contributed by atoms with Crippen LogP contribution in [0.2, 0.25) is 0 Å². The van der Waals surface area contributed by atoms with Crippen molar-refractivity contribution in [2.45, 2.75) is 18.4 Å². The summed E-state index contributed by atoms with van der Waals surface area (Å²) in [4.78, 5) is 12.3. The lowest BCUT2D eigenvalue weighted by Gasteiger charge is -2.10. The molecule has 21 heavy (non-hydrogen) atoms. The van der Waals surface area contributed by atoms with E-state index in [4.69, 9.17) is 0 Å². The first kappa shape index (κ1) is 15.8. The number of rotatable bonds is 5. The summed E-state index contributed by atoms with van der Waals surface area (Å²) in [6.07, 6.45) is 4.65. The molecular weight excluding hydrogens is 358 g/mol. The molecule has 2 rings (SSSR count). The number of halogens is 1. The summed E-state index contributed by atoms with van der Waals surface area (Å²) in [6, 6.07) is 1.49. The van der Waals surface area contributed by atoms with Gasteiger partial charge in [0.05, 0.1) is 24.1 Å². The standard InChI is InChI=1S/C12H14BrN5O2S/c1-8-4-16-10(6-15-8)7-18-21(19,20)11-3-9(13)5-17-12(11)14-2/h3-6,18H,7H2,1-2H3,(H,14,17). The third kappa shape index (κ3) is 3.96. The normalized spacial score (nSPS) is 11.4. The van der Waals surface area contributed by atoms with Gasteiger partial charge < -0.3 is 5.32 Å². The maximum absolute atomic E-state index is 12.3. The molecule has 2 N–H and O–H groups in total. The van der Waals surface area contributed by atoms with E-state index >= 15 is 0 Å². The highest BCUT2D eigenvalue weighted by molar-refractivity contribution is 9.10. The molecule has 9 heteroatoms. The SMILES string of the molecule is CNc1ncc(Br)cc1S(=O)(=O)NCc1cnc(C)cn1. The molecular formula is C12H14BrN5O2S. The zero-order chi connectivity index (χ0) is 15.5. The summed E-state index contributed by atoms with van der Waals surface area (Å²) in [6.45, 7) is 1.87. The Kier molecular flexibility index (Phi) is 4.86. The zero-order valence-electron chi connectivity index (χ0n) is 11.5. The first-order valence-corrected chi connectivity index (χ1v) is 8.30. The number of aromatic nitrogens is 3. The molecule has 0 amide bonds. The van der Waals surface area contributed by atoms with Crippen LogP contribution < -0.4 is 10.0 Å². The Morgan fingerprint density at radius 3 is 2.57 bits per heavy atom. The van der Waals surface area contributed by atoms with Crippen LogP contribution in [0.1, 0.15) is 11.4 Å². The van der Waals surface area contributed by atoms with E-state index in [0.717, 1.165) is 5.69 Å². The van der Waals surface area contributed by atoms with Gasteiger partial charge in [-0.1, -0.05) is 0 Å². The van der Waals surface area contributed by atoms with Crippen LogP contribution in [0.25, 0.3) is 0 Å². The Labute approximate surface area is 131 Å². The fourth-order valence-electron chi connectivity index (χ4n) is 1.57. The molecule has 0 aliphatic heterocycles. The van der Waals surface area contributed by atoms with Crippen molar-refractivity contribution in [1.29, 1.82) is 0 Å². The number of nitrogens with one attached hydrogen (secondary N) is 2. The molecule has 2 aromatic heterocycles. The molecule has 0 radical (unpaired) electrons. The van der Waals surface area contributed by atoms with Gasteiger partial charge in [-0.05, 0) is 28.9 Å². The van der Waals surface area contributed by atoms with Gasteiger partial charge in [0.25, 0.3) is 0 Å². The van der Waals surface area contributed by atoms with Crippen molar-refractivity contribution < 1.29 is 8.42 Å². The van der Waals surface area contributed by atoms with Crippen molar-refractivity contribution >= 4 is 31.8 Å². The molecule has 0 atom stereocenters. The van der Waals surface area contributed by atoms with Gasteiger partial charge in [-0.3, -0.25) is 9.97 Å². The van der Waals surface area contributed by atoms with E-state index in [-0.39, 0.29) is 17.3 Å². The Morgan fingerprint density at radius 1 is 1.19 bits per heavy atom. The number of anilines is 1. The van der Waals surface area contributed by atoms with Gasteiger partial charge in [-0.25, -0.2) is 18.1 Å². The second-order valence-electron chi connectivity index (χ2n) is 4.22. The van der Waals surface area contributed by atoms with Gasteiger partial charge in [0.2, 0.25) is 10.0 Å². The highest BCUT2D eigenvalue weighted by atomic mass is 79.9. The van der Waals surface area contributed by atoms with Gasteiger partial charge in [0, 0.05) is 23.9 Å². The molecule has 0 aliphatic carbocycles. The number of nitrogens with zero attached hydrogens (tertiary/aromatic N) is 3. The minimum Gasteiger partial charge on any atom is -0.372 e. The maximum atomic E-state index is 12.3. The zero-order valence-corrected chi connectivity index (χ0v) is 13.9. The van der Waals surface area contributed by atoms with Crippen LogP contribution in [0, 0.1) is 6.92 Å². The fraction of sp³-hybridized carbons (Fsp3) is 0.250. The lowest BCUT2D eigenvalue weighted by Crippen LogP contribution is -2.25. The van der Waals surface area contributed by atoms with Crippen LogP contribution >= 0.6 is 15.9 Å². The summed E-state index contributed by atoms with van der Waals surface area (Å²) in [5, 5.41) is 2.76. The number of hydrogen-bond donors (Lipinski definition) is 2. The summed E-state index contributed by atoms with van der Waals surface area (Å²) >= 11 is 3.22. The minimum atomic E-state index is -3.71. The average Bonchev–Trinajstić information content (AvgIpc) is 2.47. The van der Waals surface area contributed by atoms with Crippen LogP contribution in [0.4, 0.5) is 5.82 Å². The van der Waals surface area contributed by atoms with Gasteiger partial charge in [0.15, 0.2) is 0 Å². The topological polar surface area (TPSA) is 96.9 Å². The predicted molar refractivity (Wildman–Crippen MR) is 82.3 cm³/mol. The van der Waals surface area contributed by atoms with Crippen molar-refractivity contribution in [2.75, 3.05) is 12.4 Å². The molecule has 0 bridgehead atoms. The van der Waals surface area contributed by atoms with Crippen molar-refractivity contribution in [1.82, 2.24) is 19.7 Å². The Hall–Kier alpha value is -1.58. The first-order chi connectivity index (χ1) is 9.92. The van der Waals surface area contributed by atoms with Crippen LogP contribution in [0.15, 0.2) is 34.0 Å². The molecule has 0 spiro atoms. The number of sulfonamides is 1. The van der Waals surface area contributed by atoms with Crippen molar-refractivity contribution in [3.05, 3.63) is 40.5 Å². The van der Waals surface area contributed by atoms with Crippen LogP contribution in [0.5, 0.6) is 0 Å². The van der Waals surface area contributed by atoms with Crippen LogP contribution in [0.3, 0.4) is 0 Å². The van der Waals surface area contributed by atoms with Gasteiger partial charge >= 0.3 is 0 Å². The van der Waals surface area contributed by atoms with E-state index in [1.165, 1.54) is 18.5 Å². The third-order valence-electron chi connectivity index (χ3n) is 2.62. The number of aryl methyl sites for hydroxylation is 1. The second kappa shape index (κ2) is 6.46. The Balaban J connectivity index is 2.22. The summed E-state index contributed by atoms with van der Waals surface area (Å²) in [7, 11) is -2.09. The molecule has 7 nitrogen and oxygen atoms in total. The first-order valence-electron chi connectivity index (χ1n) is 6.03. The second-order valence-corrected chi connectivity index (χ2v) is 6.87. The minimum absolute atomic E-state index is 0.0608. The van der Waals surface area contributed by atoms with Gasteiger partial charge in [-0.2, -0.15) is 0 Å². The lowest BCUT2D eigenvalue weighted by atomic mass is 10.4. The van der Waals surface area contributed by atoms with E-state index < -0.39 is 10.0 Å². The summed E-state index contributed by atoms with van der Waals surface area (Å²) in [5.74, 6) is 0.278. The Morgan fingerprint density at radius 2 is 1.95 bits per heavy atom. The molecule has 0 saturated carbocycles. The predicted octanol–water partition coefficient (Wildman–Crippen LogP) is 1.46. The van der Waals surface area contributed by atoms with Gasteiger partial charge in [0.1, 0.15) is 10.7 Å². The van der Waals surface area contributed by atoms with Crippen molar-refractivity contribution in [3.8, 4) is 0 Å². The quantitative estimate of drug-likeness (QED) is 0.825. The molecule has 2 heterocycles. The number of pyridine rings is 1. The molecule has 0 fully saturated rings. The highest BCUT2D eigenvalue weighted by Gasteiger charge is 2.19. The lowest BCUT2D eigenvalue weighted by molar-refractivity contribution is 0.580. The van der Waals surface area contributed by atoms with E-state index in [1.54, 1.807) is 13.2 Å². The van der Waals surface area contributed by atoms with Crippen LogP contribution in [-0.4, -0.2) is 30.4 Å². The van der Waals surface area contributed by atoms with E-state index in [2.05, 4.69) is 40.9 Å². The van der Waals surface area contributed by atoms with Crippen LogP contribution in [-0.2, 0) is 16.6 Å². The monoisotopic (exact) mass is 371 g/mol. The Bertz CT molecular complexity index is 734. The number of hydrogen-bond acceptors (Lipinski definition) is 6. The molecule has 0 aromatic carbocycles. The highest BCUT2D eigenvalue weighted by Crippen LogP contribution is 2.22. The summed E-state index contributed by atoms with van der Waals surface area (Å²) in [5.41, 5.74) is 1.31. The molecule has 0 saturated heterocycles. The smallest absolute Gasteiger partial charge is 0.244 e. The maximum Gasteiger partial charge on any atom is 0.244 e. The average molecular weight is 372 g/mol. The fourth-order valence-corrected chi connectivity index (χ4v) is 3.24. The third-order valence-corrected chi connectivity index (χ3v) is 4.47. The van der Waals surface area contributed by atoms with E-state index in [0.29, 0.717) is 10.2 Å². The van der Waals surface area contributed by atoms with E-state index in [9.17, 15) is 8.42 Å². The molecule has 2 aromatic rings.